The molecule has 0 saturated heterocycles. The quantitative estimate of drug-likeness (QED) is 0.574. The second-order valence-corrected chi connectivity index (χ2v) is 9.40. The lowest BCUT2D eigenvalue weighted by molar-refractivity contribution is -0.137. The molecule has 0 radical (unpaired) electrons. The lowest BCUT2D eigenvalue weighted by Gasteiger charge is -2.21. The molecule has 0 aliphatic carbocycles. The molecule has 0 fully saturated rings. The van der Waals surface area contributed by atoms with E-state index < -0.39 is 16.0 Å². The zero-order valence-corrected chi connectivity index (χ0v) is 17.6. The first kappa shape index (κ1) is 22.4. The number of nitrogens with one attached hydrogen (secondary N) is 1. The Labute approximate surface area is 171 Å². The molecule has 0 spiro atoms. The molecule has 0 amide bonds. The average molecular weight is 424 g/mol. The van der Waals surface area contributed by atoms with E-state index in [1.807, 2.05) is 38.1 Å². The van der Waals surface area contributed by atoms with Crippen LogP contribution >= 0.6 is 11.6 Å². The standard InChI is InChI=1S/C21H26ClNO4S/c1-15(2)14-20(23-28(26,27)19-12-10-18(22)11-13-19)17-8-6-16(7-9-17)4-3-5-21(24)25/h6-13,15,20,23H,3-5,14H2,1-2H3,(H,24,25). The summed E-state index contributed by atoms with van der Waals surface area (Å²) < 4.78 is 28.3. The van der Waals surface area contributed by atoms with E-state index in [0.29, 0.717) is 30.2 Å². The molecule has 28 heavy (non-hydrogen) atoms. The van der Waals surface area contributed by atoms with Gasteiger partial charge in [0, 0.05) is 17.5 Å². The van der Waals surface area contributed by atoms with Crippen molar-refractivity contribution in [2.75, 3.05) is 0 Å². The second-order valence-electron chi connectivity index (χ2n) is 7.25. The van der Waals surface area contributed by atoms with Gasteiger partial charge in [0.15, 0.2) is 0 Å². The zero-order chi connectivity index (χ0) is 20.7. The van der Waals surface area contributed by atoms with Gasteiger partial charge in [-0.3, -0.25) is 4.79 Å². The minimum Gasteiger partial charge on any atom is -0.481 e. The predicted octanol–water partition coefficient (Wildman–Crippen LogP) is 4.81. The zero-order valence-electron chi connectivity index (χ0n) is 16.1. The van der Waals surface area contributed by atoms with Crippen molar-refractivity contribution in [3.05, 3.63) is 64.7 Å². The van der Waals surface area contributed by atoms with E-state index in [-0.39, 0.29) is 17.4 Å². The van der Waals surface area contributed by atoms with Gasteiger partial charge >= 0.3 is 5.97 Å². The Hall–Kier alpha value is -1.89. The number of rotatable bonds is 10. The van der Waals surface area contributed by atoms with Gasteiger partial charge in [0.1, 0.15) is 0 Å². The van der Waals surface area contributed by atoms with Crippen molar-refractivity contribution >= 4 is 27.6 Å². The fourth-order valence-corrected chi connectivity index (χ4v) is 4.32. The molecule has 152 valence electrons. The van der Waals surface area contributed by atoms with Crippen molar-refractivity contribution in [2.45, 2.75) is 50.5 Å². The van der Waals surface area contributed by atoms with Crippen molar-refractivity contribution < 1.29 is 18.3 Å². The van der Waals surface area contributed by atoms with Gasteiger partial charge < -0.3 is 5.11 Å². The van der Waals surface area contributed by atoms with E-state index >= 15 is 0 Å². The third-order valence-electron chi connectivity index (χ3n) is 4.37. The number of carbonyl (C=O) groups is 1. The molecule has 2 aromatic rings. The summed E-state index contributed by atoms with van der Waals surface area (Å²) in [7, 11) is -3.68. The van der Waals surface area contributed by atoms with E-state index in [4.69, 9.17) is 16.7 Å². The molecule has 2 rings (SSSR count). The first-order chi connectivity index (χ1) is 13.2. The van der Waals surface area contributed by atoms with E-state index in [1.54, 1.807) is 12.1 Å². The summed E-state index contributed by atoms with van der Waals surface area (Å²) in [6, 6.07) is 13.4. The van der Waals surface area contributed by atoms with E-state index in [9.17, 15) is 13.2 Å². The molecule has 0 heterocycles. The highest BCUT2D eigenvalue weighted by molar-refractivity contribution is 7.89. The number of halogens is 1. The second kappa shape index (κ2) is 10.0. The molecule has 1 atom stereocenters. The summed E-state index contributed by atoms with van der Waals surface area (Å²) in [6.07, 6.45) is 2.05. The molecule has 0 aromatic heterocycles. The first-order valence-electron chi connectivity index (χ1n) is 9.26. The number of aryl methyl sites for hydroxylation is 1. The number of carboxylic acids is 1. The van der Waals surface area contributed by atoms with Crippen LogP contribution in [0.25, 0.3) is 0 Å². The Kier molecular flexibility index (Phi) is 8.04. The van der Waals surface area contributed by atoms with Crippen molar-refractivity contribution in [3.63, 3.8) is 0 Å². The summed E-state index contributed by atoms with van der Waals surface area (Å²) in [5.74, 6) is -0.501. The van der Waals surface area contributed by atoms with E-state index in [1.165, 1.54) is 12.1 Å². The summed E-state index contributed by atoms with van der Waals surface area (Å²) in [5.41, 5.74) is 1.92. The maximum atomic E-state index is 12.8. The van der Waals surface area contributed by atoms with Gasteiger partial charge in [-0.15, -0.1) is 0 Å². The minimum atomic E-state index is -3.68. The first-order valence-corrected chi connectivity index (χ1v) is 11.1. The Bertz CT molecular complexity index is 878. The summed E-state index contributed by atoms with van der Waals surface area (Å²) in [4.78, 5) is 10.8. The summed E-state index contributed by atoms with van der Waals surface area (Å²) >= 11 is 5.85. The van der Waals surface area contributed by atoms with Crippen LogP contribution in [0, 0.1) is 5.92 Å². The highest BCUT2D eigenvalue weighted by Crippen LogP contribution is 2.25. The number of hydrogen-bond acceptors (Lipinski definition) is 3. The number of benzene rings is 2. The molecule has 5 nitrogen and oxygen atoms in total. The maximum Gasteiger partial charge on any atom is 0.303 e. The van der Waals surface area contributed by atoms with E-state index in [0.717, 1.165) is 11.1 Å². The number of hydrogen-bond donors (Lipinski definition) is 2. The molecule has 1 unspecified atom stereocenters. The molecule has 0 bridgehead atoms. The molecule has 2 aromatic carbocycles. The molecule has 2 N–H and O–H groups in total. The van der Waals surface area contributed by atoms with Gasteiger partial charge in [-0.05, 0) is 60.6 Å². The summed E-state index contributed by atoms with van der Waals surface area (Å²) in [5, 5.41) is 9.22. The van der Waals surface area contributed by atoms with Gasteiger partial charge in [0.25, 0.3) is 0 Å². The van der Waals surface area contributed by atoms with Crippen LogP contribution in [0.5, 0.6) is 0 Å². The van der Waals surface area contributed by atoms with Crippen LogP contribution in [0.3, 0.4) is 0 Å². The average Bonchev–Trinajstić information content (AvgIpc) is 2.61. The summed E-state index contributed by atoms with van der Waals surface area (Å²) in [6.45, 7) is 4.09. The smallest absolute Gasteiger partial charge is 0.303 e. The van der Waals surface area contributed by atoms with Crippen molar-refractivity contribution in [3.8, 4) is 0 Å². The highest BCUT2D eigenvalue weighted by atomic mass is 35.5. The third kappa shape index (κ3) is 6.93. The SMILES string of the molecule is CC(C)CC(NS(=O)(=O)c1ccc(Cl)cc1)c1ccc(CCCC(=O)O)cc1. The Morgan fingerprint density at radius 3 is 2.21 bits per heavy atom. The fraction of sp³-hybridized carbons (Fsp3) is 0.381. The lowest BCUT2D eigenvalue weighted by atomic mass is 9.96. The molecular formula is C21H26ClNO4S. The monoisotopic (exact) mass is 423 g/mol. The van der Waals surface area contributed by atoms with Crippen LogP contribution in [0.15, 0.2) is 53.4 Å². The van der Waals surface area contributed by atoms with Crippen LogP contribution in [-0.4, -0.2) is 19.5 Å². The van der Waals surface area contributed by atoms with Crippen molar-refractivity contribution in [2.24, 2.45) is 5.92 Å². The Morgan fingerprint density at radius 1 is 1.07 bits per heavy atom. The number of carboxylic acid groups (broad SMARTS) is 1. The number of aliphatic carboxylic acids is 1. The third-order valence-corrected chi connectivity index (χ3v) is 6.11. The Balaban J connectivity index is 2.16. The van der Waals surface area contributed by atoms with Gasteiger partial charge in [-0.2, -0.15) is 0 Å². The molecule has 0 aliphatic heterocycles. The Morgan fingerprint density at radius 2 is 1.68 bits per heavy atom. The van der Waals surface area contributed by atoms with Crippen LogP contribution in [0.1, 0.15) is 50.3 Å². The van der Waals surface area contributed by atoms with E-state index in [2.05, 4.69) is 4.72 Å². The fourth-order valence-electron chi connectivity index (χ4n) is 2.95. The van der Waals surface area contributed by atoms with Gasteiger partial charge in [-0.25, -0.2) is 13.1 Å². The van der Waals surface area contributed by atoms with Crippen LogP contribution in [-0.2, 0) is 21.2 Å². The maximum absolute atomic E-state index is 12.8. The minimum absolute atomic E-state index is 0.138. The van der Waals surface area contributed by atoms with Crippen LogP contribution in [0.4, 0.5) is 0 Å². The van der Waals surface area contributed by atoms with Crippen molar-refractivity contribution in [1.82, 2.24) is 4.72 Å². The largest absolute Gasteiger partial charge is 0.481 e. The van der Waals surface area contributed by atoms with Gasteiger partial charge in [0.05, 0.1) is 4.90 Å². The molecule has 0 aliphatic rings. The highest BCUT2D eigenvalue weighted by Gasteiger charge is 2.22. The lowest BCUT2D eigenvalue weighted by Crippen LogP contribution is -2.29. The molecular weight excluding hydrogens is 398 g/mol. The van der Waals surface area contributed by atoms with Gasteiger partial charge in [-0.1, -0.05) is 49.7 Å². The number of sulfonamides is 1. The molecule has 7 heteroatoms. The topological polar surface area (TPSA) is 83.5 Å². The predicted molar refractivity (Wildman–Crippen MR) is 111 cm³/mol. The normalized spacial score (nSPS) is 12.9. The van der Waals surface area contributed by atoms with Gasteiger partial charge in [0.2, 0.25) is 10.0 Å². The van der Waals surface area contributed by atoms with Crippen molar-refractivity contribution in [1.29, 1.82) is 0 Å². The van der Waals surface area contributed by atoms with Crippen LogP contribution in [0.2, 0.25) is 5.02 Å². The van der Waals surface area contributed by atoms with Crippen LogP contribution < -0.4 is 4.72 Å². The molecule has 0 saturated carbocycles.